The number of Topliss-reactive ketones (excluding diaryl/α,β-unsaturated/α-hetero) is 1. The first kappa shape index (κ1) is 22.8. The van der Waals surface area contributed by atoms with Crippen LogP contribution in [0.25, 0.3) is 11.3 Å². The van der Waals surface area contributed by atoms with E-state index in [0.717, 1.165) is 36.1 Å². The third kappa shape index (κ3) is 4.99. The van der Waals surface area contributed by atoms with Gasteiger partial charge in [0.1, 0.15) is 28.6 Å². The lowest BCUT2D eigenvalue weighted by molar-refractivity contribution is -0.119. The van der Waals surface area contributed by atoms with E-state index in [1.165, 1.54) is 0 Å². The second kappa shape index (κ2) is 8.50. The molecule has 3 aromatic rings. The van der Waals surface area contributed by atoms with Gasteiger partial charge in [0.15, 0.2) is 0 Å². The Bertz CT molecular complexity index is 1180. The molecule has 0 radical (unpaired) electrons. The average Bonchev–Trinajstić information content (AvgIpc) is 3.40. The molecule has 1 aromatic carbocycles. The molecule has 33 heavy (non-hydrogen) atoms. The zero-order chi connectivity index (χ0) is 23.9. The first-order chi connectivity index (χ1) is 15.5. The minimum Gasteiger partial charge on any atom is -0.383 e. The number of primary amides is 1. The molecule has 1 amide bonds. The maximum Gasteiger partial charge on any atom is 0.254 e. The number of anilines is 1. The van der Waals surface area contributed by atoms with Gasteiger partial charge < -0.3 is 16.0 Å². The summed E-state index contributed by atoms with van der Waals surface area (Å²) in [5.74, 6) is 0.0153. The van der Waals surface area contributed by atoms with Crippen LogP contribution in [0.2, 0.25) is 0 Å². The van der Waals surface area contributed by atoms with Gasteiger partial charge in [-0.15, -0.1) is 0 Å². The van der Waals surface area contributed by atoms with Gasteiger partial charge in [-0.3, -0.25) is 9.59 Å². The number of carbonyl (C=O) groups is 2. The van der Waals surface area contributed by atoms with Crippen molar-refractivity contribution < 1.29 is 14.1 Å². The summed E-state index contributed by atoms with van der Waals surface area (Å²) in [6.45, 7) is 8.28. The van der Waals surface area contributed by atoms with E-state index >= 15 is 0 Å². The molecule has 0 bridgehead atoms. The predicted octanol–water partition coefficient (Wildman–Crippen LogP) is 4.06. The van der Waals surface area contributed by atoms with E-state index in [0.29, 0.717) is 17.3 Å². The molecule has 8 heteroatoms. The third-order valence-corrected chi connectivity index (χ3v) is 5.92. The average molecular weight is 450 g/mol. The lowest BCUT2D eigenvalue weighted by Crippen LogP contribution is -2.14. The highest BCUT2D eigenvalue weighted by atomic mass is 16.5. The smallest absolute Gasteiger partial charge is 0.254 e. The van der Waals surface area contributed by atoms with Crippen LogP contribution in [0.4, 0.5) is 5.82 Å². The lowest BCUT2D eigenvalue weighted by atomic mass is 9.90. The van der Waals surface area contributed by atoms with Crippen LogP contribution in [0.15, 0.2) is 34.9 Å². The van der Waals surface area contributed by atoms with E-state index in [1.54, 1.807) is 4.68 Å². The Morgan fingerprint density at radius 1 is 1.21 bits per heavy atom. The fraction of sp³-hybridized carbons (Fsp3) is 0.440. The first-order valence-corrected chi connectivity index (χ1v) is 11.3. The minimum absolute atomic E-state index is 0.0429. The Morgan fingerprint density at radius 2 is 1.88 bits per heavy atom. The van der Waals surface area contributed by atoms with E-state index in [9.17, 15) is 9.59 Å². The van der Waals surface area contributed by atoms with Gasteiger partial charge >= 0.3 is 0 Å². The summed E-state index contributed by atoms with van der Waals surface area (Å²) in [5.41, 5.74) is 15.0. The van der Waals surface area contributed by atoms with Gasteiger partial charge in [0.05, 0.1) is 18.2 Å². The number of aromatic nitrogens is 3. The van der Waals surface area contributed by atoms with Crippen LogP contribution in [0.5, 0.6) is 0 Å². The molecule has 4 N–H and O–H groups in total. The maximum absolute atomic E-state index is 12.9. The Hall–Kier alpha value is -3.42. The van der Waals surface area contributed by atoms with Gasteiger partial charge in [-0.1, -0.05) is 57.1 Å². The second-order valence-corrected chi connectivity index (χ2v) is 10.2. The molecule has 2 heterocycles. The summed E-state index contributed by atoms with van der Waals surface area (Å²) in [7, 11) is 0. The van der Waals surface area contributed by atoms with Crippen LogP contribution in [0, 0.1) is 5.41 Å². The van der Waals surface area contributed by atoms with Crippen molar-refractivity contribution in [3.8, 4) is 11.3 Å². The Labute approximate surface area is 193 Å². The molecule has 1 fully saturated rings. The summed E-state index contributed by atoms with van der Waals surface area (Å²) < 4.78 is 7.08. The van der Waals surface area contributed by atoms with Crippen LogP contribution in [0.3, 0.4) is 0 Å². The van der Waals surface area contributed by atoms with Crippen LogP contribution < -0.4 is 11.5 Å². The SMILES string of the molecule is CC(C(=O)Cc1cc(CC(C)(C)C)no1)c1ccc(-c2nn(C3CC3)c(N)c2C(N)=O)cc1. The highest BCUT2D eigenvalue weighted by Crippen LogP contribution is 2.39. The second-order valence-electron chi connectivity index (χ2n) is 10.2. The summed E-state index contributed by atoms with van der Waals surface area (Å²) in [6.07, 6.45) is 2.96. The fourth-order valence-electron chi connectivity index (χ4n) is 4.00. The predicted molar refractivity (Wildman–Crippen MR) is 126 cm³/mol. The Kier molecular flexibility index (Phi) is 5.86. The van der Waals surface area contributed by atoms with Crippen LogP contribution in [-0.4, -0.2) is 26.6 Å². The molecule has 0 aliphatic heterocycles. The number of nitrogen functional groups attached to an aromatic ring is 1. The molecule has 0 spiro atoms. The number of rotatable bonds is 8. The summed E-state index contributed by atoms with van der Waals surface area (Å²) in [5, 5.41) is 8.66. The maximum atomic E-state index is 12.9. The van der Waals surface area contributed by atoms with Crippen molar-refractivity contribution in [3.05, 3.63) is 52.9 Å². The van der Waals surface area contributed by atoms with Gasteiger partial charge in [0.2, 0.25) is 0 Å². The monoisotopic (exact) mass is 449 g/mol. The number of carbonyl (C=O) groups excluding carboxylic acids is 2. The molecule has 1 aliphatic carbocycles. The molecular weight excluding hydrogens is 418 g/mol. The van der Waals surface area contributed by atoms with E-state index in [-0.39, 0.29) is 35.1 Å². The highest BCUT2D eigenvalue weighted by Gasteiger charge is 2.31. The minimum atomic E-state index is -0.597. The van der Waals surface area contributed by atoms with Crippen molar-refractivity contribution in [2.75, 3.05) is 5.73 Å². The lowest BCUT2D eigenvalue weighted by Gasteiger charge is -2.15. The number of hydrogen-bond acceptors (Lipinski definition) is 6. The summed E-state index contributed by atoms with van der Waals surface area (Å²) >= 11 is 0. The normalized spacial score (nSPS) is 14.9. The summed E-state index contributed by atoms with van der Waals surface area (Å²) in [4.78, 5) is 24.9. The fourth-order valence-corrected chi connectivity index (χ4v) is 4.00. The number of benzene rings is 1. The third-order valence-electron chi connectivity index (χ3n) is 5.92. The van der Waals surface area contributed by atoms with E-state index in [1.807, 2.05) is 37.3 Å². The molecule has 2 aromatic heterocycles. The van der Waals surface area contributed by atoms with Crippen molar-refractivity contribution >= 4 is 17.5 Å². The van der Waals surface area contributed by atoms with Crippen LogP contribution >= 0.6 is 0 Å². The molecule has 1 aliphatic rings. The molecule has 4 rings (SSSR count). The zero-order valence-corrected chi connectivity index (χ0v) is 19.6. The highest BCUT2D eigenvalue weighted by molar-refractivity contribution is 6.03. The van der Waals surface area contributed by atoms with Crippen molar-refractivity contribution in [2.24, 2.45) is 11.1 Å². The van der Waals surface area contributed by atoms with Crippen molar-refractivity contribution in [3.63, 3.8) is 0 Å². The Morgan fingerprint density at radius 3 is 2.45 bits per heavy atom. The van der Waals surface area contributed by atoms with Crippen LogP contribution in [-0.2, 0) is 17.6 Å². The number of nitrogens with zero attached hydrogens (tertiary/aromatic N) is 3. The number of ketones is 1. The number of nitrogens with two attached hydrogens (primary N) is 2. The van der Waals surface area contributed by atoms with E-state index in [2.05, 4.69) is 31.0 Å². The number of amides is 1. The quantitative estimate of drug-likeness (QED) is 0.533. The molecule has 174 valence electrons. The molecule has 1 unspecified atom stereocenters. The molecule has 8 nitrogen and oxygen atoms in total. The first-order valence-electron chi connectivity index (χ1n) is 11.3. The molecule has 0 saturated heterocycles. The molecular formula is C25H31N5O3. The van der Waals surface area contributed by atoms with Crippen molar-refractivity contribution in [1.29, 1.82) is 0 Å². The zero-order valence-electron chi connectivity index (χ0n) is 19.6. The van der Waals surface area contributed by atoms with E-state index in [4.69, 9.17) is 16.0 Å². The van der Waals surface area contributed by atoms with Gasteiger partial charge in [0.25, 0.3) is 5.91 Å². The molecule has 1 saturated carbocycles. The van der Waals surface area contributed by atoms with Gasteiger partial charge in [-0.25, -0.2) is 4.68 Å². The Balaban J connectivity index is 1.49. The largest absolute Gasteiger partial charge is 0.383 e. The van der Waals surface area contributed by atoms with E-state index < -0.39 is 5.91 Å². The van der Waals surface area contributed by atoms with Gasteiger partial charge in [0, 0.05) is 17.5 Å². The van der Waals surface area contributed by atoms with Crippen LogP contribution in [0.1, 0.15) is 79.9 Å². The topological polar surface area (TPSA) is 130 Å². The van der Waals surface area contributed by atoms with Crippen molar-refractivity contribution in [2.45, 2.75) is 65.3 Å². The van der Waals surface area contributed by atoms with Gasteiger partial charge in [-0.05, 0) is 30.2 Å². The summed E-state index contributed by atoms with van der Waals surface area (Å²) in [6, 6.07) is 9.54. The standard InChI is InChI=1S/C25H31N5O3/c1-14(20(31)12-19-11-17(29-33-19)13-25(2,3)4)15-5-7-16(8-6-15)22-21(24(27)32)23(26)30(28-22)18-9-10-18/h5-8,11,14,18H,9-10,12-13,26H2,1-4H3,(H2,27,32). The van der Waals surface area contributed by atoms with Crippen molar-refractivity contribution in [1.82, 2.24) is 14.9 Å². The number of hydrogen-bond donors (Lipinski definition) is 2. The van der Waals surface area contributed by atoms with Gasteiger partial charge in [-0.2, -0.15) is 5.10 Å². The molecule has 1 atom stereocenters.